The summed E-state index contributed by atoms with van der Waals surface area (Å²) < 4.78 is 176. The second-order valence-corrected chi connectivity index (χ2v) is 15.1. The van der Waals surface area contributed by atoms with E-state index in [1.807, 2.05) is 0 Å². The molecule has 3 saturated heterocycles. The highest BCUT2D eigenvalue weighted by atomic mass is 32.3. The maximum absolute atomic E-state index is 12.9. The van der Waals surface area contributed by atoms with Crippen molar-refractivity contribution in [1.82, 2.24) is 0 Å². The van der Waals surface area contributed by atoms with Gasteiger partial charge >= 0.3 is 47.6 Å². The molecule has 3 aliphatic heterocycles. The lowest BCUT2D eigenvalue weighted by atomic mass is 9.95. The van der Waals surface area contributed by atoms with E-state index in [2.05, 4.69) is 21.5 Å². The van der Waals surface area contributed by atoms with Crippen LogP contribution in [0.4, 0.5) is 0 Å². The molecule has 0 bridgehead atoms. The summed E-state index contributed by atoms with van der Waals surface area (Å²) in [6, 6.07) is -3.88. The maximum atomic E-state index is 12.9. The molecule has 0 radical (unpaired) electrons. The number of carbonyl (C=O) groups excluding carboxylic acids is 1. The van der Waals surface area contributed by atoms with Crippen LogP contribution < -0.4 is 11.5 Å². The van der Waals surface area contributed by atoms with E-state index in [1.54, 1.807) is 0 Å². The van der Waals surface area contributed by atoms with Gasteiger partial charge in [0.2, 0.25) is 0 Å². The van der Waals surface area contributed by atoms with Gasteiger partial charge in [-0.2, -0.15) is 33.7 Å². The lowest BCUT2D eigenvalue weighted by Crippen LogP contribution is -2.69. The lowest BCUT2D eigenvalue weighted by molar-refractivity contribution is -0.356. The van der Waals surface area contributed by atoms with Gasteiger partial charge in [-0.05, 0) is 0 Å². The van der Waals surface area contributed by atoms with E-state index < -0.39 is 153 Å². The van der Waals surface area contributed by atoms with Crippen LogP contribution in [-0.2, 0) is 91.5 Å². The van der Waals surface area contributed by atoms with Crippen LogP contribution in [-0.4, -0.2) is 191 Å². The number of ether oxygens (including phenoxy) is 6. The van der Waals surface area contributed by atoms with Crippen molar-refractivity contribution >= 4 is 47.6 Å². The van der Waals surface area contributed by atoms with Gasteiger partial charge in [0, 0.05) is 0 Å². The Kier molecular flexibility index (Phi) is 14.8. The zero-order chi connectivity index (χ0) is 39.7. The summed E-state index contributed by atoms with van der Waals surface area (Å²) in [7, 11) is -20.9. The molecule has 0 saturated carbocycles. The minimum absolute atomic E-state index is 0.742. The van der Waals surface area contributed by atoms with Crippen LogP contribution in [0.15, 0.2) is 0 Å². The third kappa shape index (κ3) is 12.3. The lowest BCUT2D eigenvalue weighted by Gasteiger charge is -2.48. The molecule has 0 aromatic carbocycles. The summed E-state index contributed by atoms with van der Waals surface area (Å²) >= 11 is 0. The van der Waals surface area contributed by atoms with Crippen molar-refractivity contribution in [1.29, 1.82) is 0 Å². The van der Waals surface area contributed by atoms with Crippen LogP contribution >= 0.6 is 0 Å². The number of methoxy groups -OCH3 is 1. The molecular formula is C19H34N2O27S4. The molecule has 3 fully saturated rings. The number of carbonyl (C=O) groups is 1. The van der Waals surface area contributed by atoms with Crippen LogP contribution in [0.25, 0.3) is 0 Å². The van der Waals surface area contributed by atoms with E-state index >= 15 is 0 Å². The SMILES string of the molecule is COC(=O)[C@@H]1O[C@@H](O[C@H]2[C@H](O)[C@@H](N)[C@@H](O)O[C@@H]2COS(=O)(=O)O)[C@H](OS(=O)(=O)O)[C@@H](O)[C@@H]1O[C@H]1O[C@H](COS(=O)(=O)O)[C@@H](O)[C@H](OS(=O)(=O)O)[C@H]1N. The Labute approximate surface area is 293 Å². The molecule has 29 nitrogen and oxygen atoms in total. The molecule has 3 aliphatic rings. The molecule has 0 amide bonds. The van der Waals surface area contributed by atoms with Gasteiger partial charge in [0.15, 0.2) is 31.1 Å². The van der Waals surface area contributed by atoms with Crippen molar-refractivity contribution in [2.45, 2.75) is 92.0 Å². The fourth-order valence-electron chi connectivity index (χ4n) is 4.97. The number of rotatable bonds is 15. The number of esters is 1. The number of hydrogen-bond donors (Lipinski definition) is 10. The van der Waals surface area contributed by atoms with Gasteiger partial charge in [0.1, 0.15) is 48.8 Å². The summed E-state index contributed by atoms with van der Waals surface area (Å²) in [5.74, 6) is -1.51. The summed E-state index contributed by atoms with van der Waals surface area (Å²) in [5.41, 5.74) is 11.5. The summed E-state index contributed by atoms with van der Waals surface area (Å²) in [5, 5.41) is 42.5. The Bertz CT molecular complexity index is 1680. The Morgan fingerprint density at radius 3 is 1.60 bits per heavy atom. The van der Waals surface area contributed by atoms with Gasteiger partial charge in [0.25, 0.3) is 0 Å². The molecule has 52 heavy (non-hydrogen) atoms. The van der Waals surface area contributed by atoms with E-state index in [4.69, 9.17) is 44.3 Å². The first-order valence-corrected chi connectivity index (χ1v) is 19.2. The smallest absolute Gasteiger partial charge is 0.397 e. The maximum Gasteiger partial charge on any atom is 0.397 e. The number of hydrogen-bond acceptors (Lipinski definition) is 25. The quantitative estimate of drug-likeness (QED) is 0.0540. The molecule has 306 valence electrons. The molecule has 3 heterocycles. The summed E-state index contributed by atoms with van der Waals surface area (Å²) in [6.07, 6.45) is -29.7. The van der Waals surface area contributed by atoms with Crippen molar-refractivity contribution in [2.24, 2.45) is 11.5 Å². The molecule has 0 aliphatic carbocycles. The van der Waals surface area contributed by atoms with E-state index in [0.717, 1.165) is 7.11 Å². The molecule has 3 rings (SSSR count). The number of aliphatic hydroxyl groups excluding tert-OH is 4. The number of nitrogens with two attached hydrogens (primary N) is 2. The first-order valence-electron chi connectivity index (χ1n) is 13.8. The van der Waals surface area contributed by atoms with Gasteiger partial charge in [-0.3, -0.25) is 18.2 Å². The van der Waals surface area contributed by atoms with E-state index in [0.29, 0.717) is 0 Å². The van der Waals surface area contributed by atoms with Crippen molar-refractivity contribution in [3.8, 4) is 0 Å². The average Bonchev–Trinajstić information content (AvgIpc) is 2.99. The fraction of sp³-hybridized carbons (Fsp3) is 0.947. The molecule has 0 spiro atoms. The van der Waals surface area contributed by atoms with Gasteiger partial charge in [-0.15, -0.1) is 0 Å². The van der Waals surface area contributed by atoms with E-state index in [-0.39, 0.29) is 0 Å². The largest absolute Gasteiger partial charge is 0.467 e. The highest BCUT2D eigenvalue weighted by molar-refractivity contribution is 7.81. The first-order chi connectivity index (χ1) is 23.6. The molecule has 15 atom stereocenters. The van der Waals surface area contributed by atoms with Crippen LogP contribution in [0.2, 0.25) is 0 Å². The van der Waals surface area contributed by atoms with Crippen LogP contribution in [0.3, 0.4) is 0 Å². The molecule has 0 unspecified atom stereocenters. The number of aliphatic hydroxyl groups is 4. The van der Waals surface area contributed by atoms with Crippen LogP contribution in [0, 0.1) is 0 Å². The predicted molar refractivity (Wildman–Crippen MR) is 152 cm³/mol. The highest BCUT2D eigenvalue weighted by Gasteiger charge is 2.57. The third-order valence-corrected chi connectivity index (χ3v) is 9.02. The van der Waals surface area contributed by atoms with Crippen molar-refractivity contribution in [3.05, 3.63) is 0 Å². The highest BCUT2D eigenvalue weighted by Crippen LogP contribution is 2.34. The predicted octanol–water partition coefficient (Wildman–Crippen LogP) is -8.15. The van der Waals surface area contributed by atoms with Crippen molar-refractivity contribution < 1.29 is 122 Å². The molecule has 12 N–H and O–H groups in total. The van der Waals surface area contributed by atoms with Crippen molar-refractivity contribution in [2.75, 3.05) is 20.3 Å². The monoisotopic (exact) mass is 850 g/mol. The summed E-state index contributed by atoms with van der Waals surface area (Å²) in [4.78, 5) is 12.9. The Hall–Kier alpha value is -1.49. The minimum Gasteiger partial charge on any atom is -0.467 e. The second-order valence-electron chi connectivity index (χ2n) is 10.8. The average molecular weight is 851 g/mol. The van der Waals surface area contributed by atoms with E-state index in [1.165, 1.54) is 0 Å². The topological polar surface area (TPSA) is 460 Å². The van der Waals surface area contributed by atoms with E-state index in [9.17, 15) is 68.0 Å². The normalized spacial score (nSPS) is 39.6. The molecule has 33 heteroatoms. The van der Waals surface area contributed by atoms with Gasteiger partial charge < -0.3 is 60.3 Å². The first kappa shape index (κ1) is 44.9. The molecule has 0 aromatic rings. The Morgan fingerprint density at radius 2 is 1.10 bits per heavy atom. The minimum atomic E-state index is -5.67. The molecule has 0 aromatic heterocycles. The zero-order valence-corrected chi connectivity index (χ0v) is 29.0. The van der Waals surface area contributed by atoms with Gasteiger partial charge in [0.05, 0.1) is 32.4 Å². The van der Waals surface area contributed by atoms with Crippen LogP contribution in [0.5, 0.6) is 0 Å². The van der Waals surface area contributed by atoms with Gasteiger partial charge in [-0.1, -0.05) is 0 Å². The summed E-state index contributed by atoms with van der Waals surface area (Å²) in [6.45, 7) is -2.58. The zero-order valence-electron chi connectivity index (χ0n) is 25.7. The van der Waals surface area contributed by atoms with Crippen molar-refractivity contribution in [3.63, 3.8) is 0 Å². The van der Waals surface area contributed by atoms with Gasteiger partial charge in [-0.25, -0.2) is 21.5 Å². The molecular weight excluding hydrogens is 816 g/mol. The fourth-order valence-corrected chi connectivity index (χ4v) is 6.59. The Balaban J connectivity index is 2.03. The second kappa shape index (κ2) is 17.1. The Morgan fingerprint density at radius 1 is 0.596 bits per heavy atom. The van der Waals surface area contributed by atoms with Crippen LogP contribution in [0.1, 0.15) is 0 Å². The third-order valence-electron chi connectivity index (χ3n) is 7.23. The standard InChI is InChI=1S/C19H34N2O27S4/c1-39-17(26)15-13(45-18-7(21)12(47-51(33,34)35)8(22)4(43-18)2-40-49(27,28)29)10(24)14(48-52(36,37)38)19(46-15)44-11-5(3-41-50(30,31)32)42-16(25)6(20)9(11)23/h4-16,18-19,22-25H,2-3,20-21H2,1H3,(H,27,28,29)(H,30,31,32)(H,33,34,35)(H,36,37,38)/t4-,5-,6-,7-,8-,9-,10+,11-,12-,13+,14-,15-,16+,18-,19-/m1/s1.